The number of aliphatic hydroxyl groups excluding tert-OH is 1. The van der Waals surface area contributed by atoms with Crippen molar-refractivity contribution < 1.29 is 5.11 Å². The van der Waals surface area contributed by atoms with Crippen LogP contribution in [0.5, 0.6) is 0 Å². The van der Waals surface area contributed by atoms with Crippen LogP contribution in [0.25, 0.3) is 0 Å². The maximum absolute atomic E-state index is 8.84. The molecule has 72 valence electrons. The van der Waals surface area contributed by atoms with Gasteiger partial charge >= 0.3 is 0 Å². The number of aliphatic hydroxyl groups is 1. The van der Waals surface area contributed by atoms with Gasteiger partial charge in [0.15, 0.2) is 0 Å². The van der Waals surface area contributed by atoms with Gasteiger partial charge in [0.25, 0.3) is 0 Å². The molecule has 1 aromatic heterocycles. The van der Waals surface area contributed by atoms with Gasteiger partial charge in [-0.1, -0.05) is 0 Å². The van der Waals surface area contributed by atoms with Gasteiger partial charge in [0.1, 0.15) is 4.60 Å². The summed E-state index contributed by atoms with van der Waals surface area (Å²) in [6, 6.07) is 0. The Morgan fingerprint density at radius 2 is 2.46 bits per heavy atom. The molecule has 0 aromatic carbocycles. The summed E-state index contributed by atoms with van der Waals surface area (Å²) in [5, 5.41) is 16.4. The first-order valence-corrected chi connectivity index (χ1v) is 5.18. The molecule has 13 heavy (non-hydrogen) atoms. The zero-order valence-electron chi connectivity index (χ0n) is 7.26. The van der Waals surface area contributed by atoms with Crippen molar-refractivity contribution in [3.05, 3.63) is 15.9 Å². The van der Waals surface area contributed by atoms with E-state index in [-0.39, 0.29) is 6.61 Å². The summed E-state index contributed by atoms with van der Waals surface area (Å²) in [6.45, 7) is 2.61. The summed E-state index contributed by atoms with van der Waals surface area (Å²) < 4.78 is 2.79. The van der Waals surface area contributed by atoms with E-state index in [1.54, 1.807) is 0 Å². The SMILES string of the molecule is OCCn1nc(Br)c2c1CCNC2. The van der Waals surface area contributed by atoms with Crippen LogP contribution in [0.3, 0.4) is 0 Å². The van der Waals surface area contributed by atoms with Gasteiger partial charge < -0.3 is 10.4 Å². The maximum Gasteiger partial charge on any atom is 0.132 e. The number of fused-ring (bicyclic) bond motifs is 1. The van der Waals surface area contributed by atoms with Crippen molar-refractivity contribution >= 4 is 15.9 Å². The Kier molecular flexibility index (Phi) is 2.66. The molecule has 2 N–H and O–H groups in total. The van der Waals surface area contributed by atoms with Crippen LogP contribution < -0.4 is 5.32 Å². The Bertz CT molecular complexity index is 311. The zero-order chi connectivity index (χ0) is 9.26. The summed E-state index contributed by atoms with van der Waals surface area (Å²) in [5.41, 5.74) is 2.49. The summed E-state index contributed by atoms with van der Waals surface area (Å²) in [5.74, 6) is 0. The first kappa shape index (κ1) is 9.18. The van der Waals surface area contributed by atoms with Gasteiger partial charge in [0.2, 0.25) is 0 Å². The number of rotatable bonds is 2. The highest BCUT2D eigenvalue weighted by Gasteiger charge is 2.18. The lowest BCUT2D eigenvalue weighted by Crippen LogP contribution is -2.25. The lowest BCUT2D eigenvalue weighted by Gasteiger charge is -2.14. The molecule has 0 unspecified atom stereocenters. The van der Waals surface area contributed by atoms with E-state index >= 15 is 0 Å². The lowest BCUT2D eigenvalue weighted by atomic mass is 10.1. The fraction of sp³-hybridized carbons (Fsp3) is 0.625. The third-order valence-corrected chi connectivity index (χ3v) is 2.91. The molecule has 0 saturated heterocycles. The maximum atomic E-state index is 8.84. The van der Waals surface area contributed by atoms with E-state index in [4.69, 9.17) is 5.11 Å². The first-order valence-electron chi connectivity index (χ1n) is 4.38. The van der Waals surface area contributed by atoms with Crippen molar-refractivity contribution in [1.82, 2.24) is 15.1 Å². The molecule has 1 aliphatic heterocycles. The molecule has 5 heteroatoms. The number of halogens is 1. The van der Waals surface area contributed by atoms with Crippen LogP contribution in [0.2, 0.25) is 0 Å². The van der Waals surface area contributed by atoms with E-state index in [0.29, 0.717) is 6.54 Å². The second kappa shape index (κ2) is 3.77. The van der Waals surface area contributed by atoms with Crippen LogP contribution in [0.4, 0.5) is 0 Å². The highest BCUT2D eigenvalue weighted by molar-refractivity contribution is 9.10. The van der Waals surface area contributed by atoms with Crippen LogP contribution in [-0.4, -0.2) is 28.0 Å². The van der Waals surface area contributed by atoms with Gasteiger partial charge in [-0.25, -0.2) is 0 Å². The van der Waals surface area contributed by atoms with Crippen molar-refractivity contribution in [3.8, 4) is 0 Å². The minimum Gasteiger partial charge on any atom is -0.394 e. The molecule has 2 rings (SSSR count). The van der Waals surface area contributed by atoms with Crippen LogP contribution in [0.1, 0.15) is 11.3 Å². The van der Waals surface area contributed by atoms with Crippen molar-refractivity contribution in [2.24, 2.45) is 0 Å². The third-order valence-electron chi connectivity index (χ3n) is 2.27. The Morgan fingerprint density at radius 3 is 3.23 bits per heavy atom. The lowest BCUT2D eigenvalue weighted by molar-refractivity contribution is 0.266. The predicted octanol–water partition coefficient (Wildman–Crippen LogP) is 0.284. The molecule has 0 radical (unpaired) electrons. The van der Waals surface area contributed by atoms with Crippen LogP contribution in [-0.2, 0) is 19.5 Å². The average Bonchev–Trinajstić information content (AvgIpc) is 2.46. The first-order chi connectivity index (χ1) is 6.33. The molecular formula is C8H12BrN3O. The summed E-state index contributed by atoms with van der Waals surface area (Å²) in [4.78, 5) is 0. The zero-order valence-corrected chi connectivity index (χ0v) is 8.84. The van der Waals surface area contributed by atoms with Crippen molar-refractivity contribution in [3.63, 3.8) is 0 Å². The van der Waals surface area contributed by atoms with Gasteiger partial charge in [0, 0.05) is 30.8 Å². The number of hydrogen-bond acceptors (Lipinski definition) is 3. The predicted molar refractivity (Wildman–Crippen MR) is 52.4 cm³/mol. The van der Waals surface area contributed by atoms with E-state index in [9.17, 15) is 0 Å². The number of nitrogens with zero attached hydrogens (tertiary/aromatic N) is 2. The largest absolute Gasteiger partial charge is 0.394 e. The minimum atomic E-state index is 0.147. The van der Waals surface area contributed by atoms with Crippen LogP contribution in [0, 0.1) is 0 Å². The molecule has 1 aromatic rings. The molecular weight excluding hydrogens is 234 g/mol. The van der Waals surface area contributed by atoms with Crippen molar-refractivity contribution in [2.45, 2.75) is 19.5 Å². The van der Waals surface area contributed by atoms with E-state index in [0.717, 1.165) is 24.1 Å². The second-order valence-corrected chi connectivity index (χ2v) is 3.84. The van der Waals surface area contributed by atoms with E-state index < -0.39 is 0 Å². The van der Waals surface area contributed by atoms with E-state index in [1.807, 2.05) is 4.68 Å². The van der Waals surface area contributed by atoms with Crippen LogP contribution in [0.15, 0.2) is 4.60 Å². The molecule has 1 aliphatic rings. The Morgan fingerprint density at radius 1 is 1.62 bits per heavy atom. The fourth-order valence-electron chi connectivity index (χ4n) is 1.66. The topological polar surface area (TPSA) is 50.1 Å². The van der Waals surface area contributed by atoms with Crippen molar-refractivity contribution in [1.29, 1.82) is 0 Å². The monoisotopic (exact) mass is 245 g/mol. The van der Waals surface area contributed by atoms with Gasteiger partial charge in [-0.3, -0.25) is 4.68 Å². The highest BCUT2D eigenvalue weighted by Crippen LogP contribution is 2.22. The molecule has 0 atom stereocenters. The van der Waals surface area contributed by atoms with E-state index in [2.05, 4.69) is 26.3 Å². The second-order valence-electron chi connectivity index (χ2n) is 3.09. The van der Waals surface area contributed by atoms with Gasteiger partial charge in [0.05, 0.1) is 13.2 Å². The molecule has 0 amide bonds. The van der Waals surface area contributed by atoms with Gasteiger partial charge in [-0.05, 0) is 15.9 Å². The summed E-state index contributed by atoms with van der Waals surface area (Å²) in [6.07, 6.45) is 0.994. The third kappa shape index (κ3) is 1.63. The highest BCUT2D eigenvalue weighted by atomic mass is 79.9. The average molecular weight is 246 g/mol. The molecule has 0 saturated carbocycles. The van der Waals surface area contributed by atoms with Gasteiger partial charge in [-0.15, -0.1) is 0 Å². The minimum absolute atomic E-state index is 0.147. The standard InChI is InChI=1S/C8H12BrN3O/c9-8-6-5-10-2-1-7(6)12(11-8)3-4-13/h10,13H,1-5H2. The number of nitrogens with one attached hydrogen (secondary N) is 1. The smallest absolute Gasteiger partial charge is 0.132 e. The molecule has 0 spiro atoms. The molecule has 4 nitrogen and oxygen atoms in total. The van der Waals surface area contributed by atoms with E-state index in [1.165, 1.54) is 11.3 Å². The number of aromatic nitrogens is 2. The van der Waals surface area contributed by atoms with Crippen LogP contribution >= 0.6 is 15.9 Å². The Balaban J connectivity index is 2.36. The van der Waals surface area contributed by atoms with Gasteiger partial charge in [-0.2, -0.15) is 5.10 Å². The molecule has 0 aliphatic carbocycles. The summed E-state index contributed by atoms with van der Waals surface area (Å²) >= 11 is 3.42. The normalized spacial score (nSPS) is 15.8. The summed E-state index contributed by atoms with van der Waals surface area (Å²) in [7, 11) is 0. The number of hydrogen-bond donors (Lipinski definition) is 2. The molecule has 0 bridgehead atoms. The van der Waals surface area contributed by atoms with Crippen molar-refractivity contribution in [2.75, 3.05) is 13.2 Å². The fourth-order valence-corrected chi connectivity index (χ4v) is 2.22. The molecule has 0 fully saturated rings. The Labute approximate surface area is 85.1 Å². The molecule has 2 heterocycles. The quantitative estimate of drug-likeness (QED) is 0.788. The Hall–Kier alpha value is -0.390.